The van der Waals surface area contributed by atoms with Gasteiger partial charge in [0.2, 0.25) is 0 Å². The van der Waals surface area contributed by atoms with Crippen LogP contribution in [-0.2, 0) is 25.8 Å². The van der Waals surface area contributed by atoms with Crippen LogP contribution in [0.4, 0.5) is 0 Å². The quantitative estimate of drug-likeness (QED) is 0.328. The lowest BCUT2D eigenvalue weighted by atomic mass is 10.00. The standard InChI is InChI=1S/C20H18ClN3O9/c1-10-18(15-9-30-19(14(15)8-22-10)11-2-4-13(21)5-3-11)31-20(25)12-6-16(32-23(26)27)17(7-12)33-24(28)29/h2-5,8,12,16-17,19H,6-7,9H2,1H3/t12?,16-,17+,19?. The van der Waals surface area contributed by atoms with Crippen LogP contribution >= 0.6 is 11.6 Å². The molecule has 1 aromatic heterocycles. The maximum atomic E-state index is 12.9. The fourth-order valence-corrected chi connectivity index (χ4v) is 4.24. The van der Waals surface area contributed by atoms with Crippen molar-refractivity contribution >= 4 is 17.6 Å². The number of ether oxygens (including phenoxy) is 2. The molecule has 1 aliphatic heterocycles. The van der Waals surface area contributed by atoms with Crippen molar-refractivity contribution in [1.29, 1.82) is 0 Å². The minimum absolute atomic E-state index is 0.163. The number of aromatic nitrogens is 1. The number of hydrogen-bond donors (Lipinski definition) is 0. The zero-order chi connectivity index (χ0) is 23.7. The molecule has 2 aromatic rings. The Morgan fingerprint density at radius 3 is 2.30 bits per heavy atom. The zero-order valence-corrected chi connectivity index (χ0v) is 18.0. The first-order valence-electron chi connectivity index (χ1n) is 9.92. The summed E-state index contributed by atoms with van der Waals surface area (Å²) in [5, 5.41) is 19.9. The van der Waals surface area contributed by atoms with Crippen molar-refractivity contribution in [2.24, 2.45) is 5.92 Å². The third-order valence-corrected chi connectivity index (χ3v) is 5.88. The minimum atomic E-state index is -1.26. The molecule has 0 N–H and O–H groups in total. The molecule has 4 atom stereocenters. The van der Waals surface area contributed by atoms with Crippen LogP contribution in [0.1, 0.15) is 41.3 Å². The highest BCUT2D eigenvalue weighted by atomic mass is 35.5. The maximum Gasteiger partial charge on any atom is 0.314 e. The van der Waals surface area contributed by atoms with Gasteiger partial charge in [0.15, 0.2) is 5.75 Å². The number of halogens is 1. The molecule has 2 aliphatic rings. The number of carbonyl (C=O) groups is 1. The SMILES string of the molecule is Cc1ncc2c(c1OC(=O)C1C[C@H](O[N+](=O)[O-])[C@H](O[N+](=O)[O-])C1)COC2c1ccc(Cl)cc1. The predicted octanol–water partition coefficient (Wildman–Crippen LogP) is 3.13. The van der Waals surface area contributed by atoms with Gasteiger partial charge in [0.25, 0.3) is 10.2 Å². The molecule has 0 saturated heterocycles. The van der Waals surface area contributed by atoms with E-state index in [1.54, 1.807) is 25.3 Å². The Balaban J connectivity index is 1.53. The number of pyridine rings is 1. The summed E-state index contributed by atoms with van der Waals surface area (Å²) in [6, 6.07) is 7.15. The fourth-order valence-electron chi connectivity index (χ4n) is 4.11. The van der Waals surface area contributed by atoms with Gasteiger partial charge in [-0.25, -0.2) is 0 Å². The van der Waals surface area contributed by atoms with Gasteiger partial charge in [-0.1, -0.05) is 23.7 Å². The Labute approximate surface area is 191 Å². The van der Waals surface area contributed by atoms with Crippen molar-refractivity contribution < 1.29 is 34.1 Å². The summed E-state index contributed by atoms with van der Waals surface area (Å²) >= 11 is 5.96. The maximum absolute atomic E-state index is 12.9. The summed E-state index contributed by atoms with van der Waals surface area (Å²) in [5.74, 6) is -1.38. The highest BCUT2D eigenvalue weighted by molar-refractivity contribution is 6.30. The monoisotopic (exact) mass is 479 g/mol. The molecule has 1 saturated carbocycles. The summed E-state index contributed by atoms with van der Waals surface area (Å²) in [6.07, 6.45) is -1.60. The van der Waals surface area contributed by atoms with E-state index in [1.165, 1.54) is 0 Å². The highest BCUT2D eigenvalue weighted by Gasteiger charge is 2.44. The number of carbonyl (C=O) groups excluding carboxylic acids is 1. The Morgan fingerprint density at radius 2 is 1.73 bits per heavy atom. The average molecular weight is 480 g/mol. The van der Waals surface area contributed by atoms with Gasteiger partial charge in [-0.3, -0.25) is 9.78 Å². The molecule has 0 amide bonds. The van der Waals surface area contributed by atoms with Crippen molar-refractivity contribution in [3.05, 3.63) is 78.1 Å². The number of fused-ring (bicyclic) bond motifs is 1. The van der Waals surface area contributed by atoms with Crippen LogP contribution < -0.4 is 4.74 Å². The van der Waals surface area contributed by atoms with E-state index in [-0.39, 0.29) is 25.2 Å². The first-order valence-corrected chi connectivity index (χ1v) is 10.3. The second-order valence-corrected chi connectivity index (χ2v) is 8.11. The first-order chi connectivity index (χ1) is 15.7. The summed E-state index contributed by atoms with van der Waals surface area (Å²) in [6.45, 7) is 1.85. The van der Waals surface area contributed by atoms with Crippen molar-refractivity contribution in [3.8, 4) is 5.75 Å². The van der Waals surface area contributed by atoms with Gasteiger partial charge >= 0.3 is 5.97 Å². The number of benzene rings is 1. The molecule has 4 rings (SSSR count). The second-order valence-electron chi connectivity index (χ2n) is 7.67. The average Bonchev–Trinajstić information content (AvgIpc) is 3.34. The zero-order valence-electron chi connectivity index (χ0n) is 17.2. The smallest absolute Gasteiger partial charge is 0.314 e. The summed E-state index contributed by atoms with van der Waals surface area (Å²) < 4.78 is 11.5. The Kier molecular flexibility index (Phi) is 6.29. The Bertz CT molecular complexity index is 1070. The topological polar surface area (TPSA) is 153 Å². The Morgan fingerprint density at radius 1 is 1.12 bits per heavy atom. The number of esters is 1. The van der Waals surface area contributed by atoms with Crippen LogP contribution in [0, 0.1) is 33.1 Å². The molecule has 1 aromatic carbocycles. The van der Waals surface area contributed by atoms with Crippen LogP contribution in [-0.4, -0.2) is 33.3 Å². The van der Waals surface area contributed by atoms with Gasteiger partial charge in [0, 0.05) is 22.3 Å². The van der Waals surface area contributed by atoms with Crippen molar-refractivity contribution in [1.82, 2.24) is 4.98 Å². The molecule has 0 bridgehead atoms. The lowest BCUT2D eigenvalue weighted by molar-refractivity contribution is -0.797. The van der Waals surface area contributed by atoms with E-state index in [4.69, 9.17) is 21.1 Å². The van der Waals surface area contributed by atoms with Crippen molar-refractivity contribution in [3.63, 3.8) is 0 Å². The predicted molar refractivity (Wildman–Crippen MR) is 109 cm³/mol. The fraction of sp³-hybridized carbons (Fsp3) is 0.400. The van der Waals surface area contributed by atoms with Gasteiger partial charge in [-0.05, 0) is 37.5 Å². The van der Waals surface area contributed by atoms with Gasteiger partial charge in [0.1, 0.15) is 18.3 Å². The highest BCUT2D eigenvalue weighted by Crippen LogP contribution is 2.42. The van der Waals surface area contributed by atoms with Gasteiger partial charge < -0.3 is 19.1 Å². The molecule has 0 radical (unpaired) electrons. The van der Waals surface area contributed by atoms with Crippen LogP contribution in [0.2, 0.25) is 5.02 Å². The summed E-state index contributed by atoms with van der Waals surface area (Å²) in [4.78, 5) is 47.5. The molecule has 1 fully saturated rings. The van der Waals surface area contributed by atoms with Crippen LogP contribution in [0.5, 0.6) is 5.75 Å². The van der Waals surface area contributed by atoms with Crippen LogP contribution in [0.3, 0.4) is 0 Å². The molecule has 33 heavy (non-hydrogen) atoms. The van der Waals surface area contributed by atoms with Gasteiger partial charge in [0.05, 0.1) is 18.2 Å². The molecule has 13 heteroatoms. The number of aryl methyl sites for hydroxylation is 1. The summed E-state index contributed by atoms with van der Waals surface area (Å²) in [5.41, 5.74) is 2.71. The Hall–Kier alpha value is -3.51. The third-order valence-electron chi connectivity index (χ3n) is 5.63. The van der Waals surface area contributed by atoms with Crippen molar-refractivity contribution in [2.45, 2.75) is 44.7 Å². The molecule has 12 nitrogen and oxygen atoms in total. The number of nitrogens with zero attached hydrogens (tertiary/aromatic N) is 3. The molecular weight excluding hydrogens is 462 g/mol. The van der Waals surface area contributed by atoms with E-state index in [0.717, 1.165) is 11.1 Å². The molecule has 2 unspecified atom stereocenters. The number of rotatable bonds is 7. The molecule has 2 heterocycles. The third kappa shape index (κ3) is 4.81. The first kappa shape index (κ1) is 22.7. The van der Waals surface area contributed by atoms with Crippen LogP contribution in [0.15, 0.2) is 30.5 Å². The van der Waals surface area contributed by atoms with Crippen molar-refractivity contribution in [2.75, 3.05) is 0 Å². The second kappa shape index (κ2) is 9.16. The summed E-state index contributed by atoms with van der Waals surface area (Å²) in [7, 11) is 0. The molecule has 0 spiro atoms. The molecular formula is C20H18ClN3O9. The van der Waals surface area contributed by atoms with E-state index in [2.05, 4.69) is 14.7 Å². The normalized spacial score (nSPS) is 23.6. The van der Waals surface area contributed by atoms with E-state index >= 15 is 0 Å². The van der Waals surface area contributed by atoms with Crippen LogP contribution in [0.25, 0.3) is 0 Å². The number of hydrogen-bond acceptors (Lipinski definition) is 10. The van der Waals surface area contributed by atoms with E-state index in [9.17, 15) is 25.0 Å². The lowest BCUT2D eigenvalue weighted by Crippen LogP contribution is -2.30. The van der Waals surface area contributed by atoms with Gasteiger partial charge in [-0.2, -0.15) is 0 Å². The molecule has 174 valence electrons. The van der Waals surface area contributed by atoms with E-state index in [0.29, 0.717) is 16.3 Å². The lowest BCUT2D eigenvalue weighted by Gasteiger charge is -2.15. The van der Waals surface area contributed by atoms with E-state index in [1.807, 2.05) is 12.1 Å². The van der Waals surface area contributed by atoms with Gasteiger partial charge in [-0.15, -0.1) is 20.2 Å². The molecule has 1 aliphatic carbocycles. The largest absolute Gasteiger partial charge is 0.424 e. The minimum Gasteiger partial charge on any atom is -0.424 e. The van der Waals surface area contributed by atoms with E-state index < -0.39 is 40.4 Å².